The van der Waals surface area contributed by atoms with Crippen molar-refractivity contribution in [1.82, 2.24) is 0 Å². The van der Waals surface area contributed by atoms with Crippen molar-refractivity contribution in [3.63, 3.8) is 0 Å². The number of phenolic OH excluding ortho intramolecular Hbond substituents is 3. The van der Waals surface area contributed by atoms with Crippen LogP contribution in [0, 0.1) is 6.92 Å². The first-order valence-corrected chi connectivity index (χ1v) is 4.24. The molecule has 72 valence electrons. The van der Waals surface area contributed by atoms with Crippen LogP contribution in [0.25, 0.3) is 10.8 Å². The van der Waals surface area contributed by atoms with E-state index in [2.05, 4.69) is 0 Å². The van der Waals surface area contributed by atoms with Gasteiger partial charge in [0.1, 0.15) is 0 Å². The summed E-state index contributed by atoms with van der Waals surface area (Å²) in [6, 6.07) is 6.79. The zero-order valence-electron chi connectivity index (χ0n) is 7.65. The van der Waals surface area contributed by atoms with Gasteiger partial charge in [-0.1, -0.05) is 18.2 Å². The Balaban J connectivity index is 2.98. The first-order chi connectivity index (χ1) is 6.61. The van der Waals surface area contributed by atoms with E-state index in [0.717, 1.165) is 10.9 Å². The fourth-order valence-corrected chi connectivity index (χ4v) is 1.53. The van der Waals surface area contributed by atoms with Crippen LogP contribution in [0.5, 0.6) is 17.2 Å². The molecule has 2 aromatic carbocycles. The molecular formula is C11H10O3. The fourth-order valence-electron chi connectivity index (χ4n) is 1.53. The molecule has 0 amide bonds. The highest BCUT2D eigenvalue weighted by atomic mass is 16.3. The minimum atomic E-state index is -0.469. The summed E-state index contributed by atoms with van der Waals surface area (Å²) in [5, 5.41) is 29.4. The molecule has 0 bridgehead atoms. The highest BCUT2D eigenvalue weighted by Crippen LogP contribution is 2.41. The second-order valence-corrected chi connectivity index (χ2v) is 3.26. The SMILES string of the molecule is Cc1cccc2c(O)c(O)c(O)cc12. The number of hydrogen-bond donors (Lipinski definition) is 3. The molecule has 0 aliphatic rings. The quantitative estimate of drug-likeness (QED) is 0.558. The maximum Gasteiger partial charge on any atom is 0.200 e. The predicted octanol–water partition coefficient (Wildman–Crippen LogP) is 2.27. The summed E-state index contributed by atoms with van der Waals surface area (Å²) >= 11 is 0. The Morgan fingerprint density at radius 1 is 0.929 bits per heavy atom. The molecule has 0 saturated heterocycles. The van der Waals surface area contributed by atoms with Gasteiger partial charge in [0, 0.05) is 5.39 Å². The Labute approximate surface area is 80.9 Å². The third kappa shape index (κ3) is 1.06. The molecule has 0 aliphatic heterocycles. The van der Waals surface area contributed by atoms with Crippen LogP contribution in [0.1, 0.15) is 5.56 Å². The van der Waals surface area contributed by atoms with Gasteiger partial charge in [-0.25, -0.2) is 0 Å². The molecule has 3 heteroatoms. The van der Waals surface area contributed by atoms with E-state index in [-0.39, 0.29) is 11.5 Å². The first-order valence-electron chi connectivity index (χ1n) is 4.24. The molecule has 2 aromatic rings. The van der Waals surface area contributed by atoms with Crippen molar-refractivity contribution in [2.75, 3.05) is 0 Å². The van der Waals surface area contributed by atoms with Gasteiger partial charge in [-0.3, -0.25) is 0 Å². The third-order valence-electron chi connectivity index (χ3n) is 2.33. The number of phenols is 3. The number of aromatic hydroxyl groups is 3. The predicted molar refractivity (Wildman–Crippen MR) is 53.7 cm³/mol. The zero-order valence-corrected chi connectivity index (χ0v) is 7.65. The van der Waals surface area contributed by atoms with Crippen LogP contribution in [0.3, 0.4) is 0 Å². The first kappa shape index (κ1) is 8.69. The van der Waals surface area contributed by atoms with E-state index in [0.29, 0.717) is 5.39 Å². The fraction of sp³-hybridized carbons (Fsp3) is 0.0909. The number of fused-ring (bicyclic) bond motifs is 1. The van der Waals surface area contributed by atoms with Crippen LogP contribution in [0.15, 0.2) is 24.3 Å². The molecule has 0 unspecified atom stereocenters. The van der Waals surface area contributed by atoms with Crippen molar-refractivity contribution in [3.8, 4) is 17.2 Å². The molecule has 0 radical (unpaired) electrons. The molecule has 2 rings (SSSR count). The summed E-state index contributed by atoms with van der Waals surface area (Å²) in [5.74, 6) is -1.05. The Kier molecular flexibility index (Phi) is 1.74. The van der Waals surface area contributed by atoms with Crippen molar-refractivity contribution in [2.24, 2.45) is 0 Å². The summed E-state index contributed by atoms with van der Waals surface area (Å²) < 4.78 is 0. The Bertz CT molecular complexity index is 503. The van der Waals surface area contributed by atoms with Crippen LogP contribution in [-0.2, 0) is 0 Å². The molecule has 3 N–H and O–H groups in total. The van der Waals surface area contributed by atoms with Gasteiger partial charge in [0.05, 0.1) is 0 Å². The van der Waals surface area contributed by atoms with Crippen molar-refractivity contribution in [2.45, 2.75) is 6.92 Å². The van der Waals surface area contributed by atoms with Gasteiger partial charge < -0.3 is 15.3 Å². The Hall–Kier alpha value is -1.90. The van der Waals surface area contributed by atoms with Gasteiger partial charge >= 0.3 is 0 Å². The average molecular weight is 190 g/mol. The lowest BCUT2D eigenvalue weighted by atomic mass is 10.0. The van der Waals surface area contributed by atoms with Gasteiger partial charge in [0.2, 0.25) is 5.75 Å². The number of hydrogen-bond acceptors (Lipinski definition) is 3. The van der Waals surface area contributed by atoms with E-state index in [4.69, 9.17) is 0 Å². The number of aryl methyl sites for hydroxylation is 1. The van der Waals surface area contributed by atoms with Crippen LogP contribution in [0.2, 0.25) is 0 Å². The minimum absolute atomic E-state index is 0.274. The highest BCUT2D eigenvalue weighted by molar-refractivity contribution is 5.94. The van der Waals surface area contributed by atoms with E-state index in [1.807, 2.05) is 13.0 Å². The van der Waals surface area contributed by atoms with E-state index in [9.17, 15) is 15.3 Å². The molecule has 0 fully saturated rings. The molecular weight excluding hydrogens is 180 g/mol. The molecule has 0 saturated carbocycles. The van der Waals surface area contributed by atoms with Crippen LogP contribution in [-0.4, -0.2) is 15.3 Å². The molecule has 0 heterocycles. The summed E-state index contributed by atoms with van der Waals surface area (Å²) in [5.41, 5.74) is 0.938. The lowest BCUT2D eigenvalue weighted by Gasteiger charge is -2.07. The van der Waals surface area contributed by atoms with E-state index < -0.39 is 5.75 Å². The van der Waals surface area contributed by atoms with Gasteiger partial charge in [-0.05, 0) is 23.9 Å². The Morgan fingerprint density at radius 3 is 2.36 bits per heavy atom. The normalized spacial score (nSPS) is 10.6. The maximum absolute atomic E-state index is 9.55. The average Bonchev–Trinajstić information content (AvgIpc) is 2.17. The largest absolute Gasteiger partial charge is 0.504 e. The number of rotatable bonds is 0. The van der Waals surface area contributed by atoms with Crippen molar-refractivity contribution in [3.05, 3.63) is 29.8 Å². The van der Waals surface area contributed by atoms with E-state index in [1.54, 1.807) is 12.1 Å². The van der Waals surface area contributed by atoms with Crippen LogP contribution in [0.4, 0.5) is 0 Å². The minimum Gasteiger partial charge on any atom is -0.504 e. The smallest absolute Gasteiger partial charge is 0.200 e. The zero-order chi connectivity index (χ0) is 10.3. The van der Waals surface area contributed by atoms with Crippen molar-refractivity contribution >= 4 is 10.8 Å². The second-order valence-electron chi connectivity index (χ2n) is 3.26. The molecule has 0 atom stereocenters. The van der Waals surface area contributed by atoms with E-state index >= 15 is 0 Å². The lowest BCUT2D eigenvalue weighted by molar-refractivity contribution is 0.371. The third-order valence-corrected chi connectivity index (χ3v) is 2.33. The molecule has 0 aromatic heterocycles. The Morgan fingerprint density at radius 2 is 1.64 bits per heavy atom. The maximum atomic E-state index is 9.55. The molecule has 0 aliphatic carbocycles. The standard InChI is InChI=1S/C11H10O3/c1-6-3-2-4-7-8(6)5-9(12)11(14)10(7)13/h2-5,12-14H,1H3. The second kappa shape index (κ2) is 2.80. The van der Waals surface area contributed by atoms with Crippen LogP contribution >= 0.6 is 0 Å². The summed E-state index contributed by atoms with van der Waals surface area (Å²) in [7, 11) is 0. The molecule has 0 spiro atoms. The molecule has 3 nitrogen and oxygen atoms in total. The summed E-state index contributed by atoms with van der Waals surface area (Å²) in [6.07, 6.45) is 0. The number of benzene rings is 2. The van der Waals surface area contributed by atoms with Gasteiger partial charge in [-0.15, -0.1) is 0 Å². The van der Waals surface area contributed by atoms with Crippen molar-refractivity contribution in [1.29, 1.82) is 0 Å². The summed E-state index contributed by atoms with van der Waals surface area (Å²) in [6.45, 7) is 1.87. The van der Waals surface area contributed by atoms with Crippen LogP contribution < -0.4 is 0 Å². The lowest BCUT2D eigenvalue weighted by Crippen LogP contribution is -1.80. The van der Waals surface area contributed by atoms with Gasteiger partial charge in [0.15, 0.2) is 11.5 Å². The summed E-state index contributed by atoms with van der Waals surface area (Å²) in [4.78, 5) is 0. The van der Waals surface area contributed by atoms with Crippen molar-refractivity contribution < 1.29 is 15.3 Å². The topological polar surface area (TPSA) is 60.7 Å². The molecule has 14 heavy (non-hydrogen) atoms. The highest BCUT2D eigenvalue weighted by Gasteiger charge is 2.11. The monoisotopic (exact) mass is 190 g/mol. The van der Waals surface area contributed by atoms with Gasteiger partial charge in [-0.2, -0.15) is 0 Å². The van der Waals surface area contributed by atoms with E-state index in [1.165, 1.54) is 6.07 Å². The van der Waals surface area contributed by atoms with Gasteiger partial charge in [0.25, 0.3) is 0 Å².